The topological polar surface area (TPSA) is 9.23 Å². The smallest absolute Gasteiger partial charge is 0.197 e. The Morgan fingerprint density at radius 3 is 1.76 bits per heavy atom. The molecule has 0 bridgehead atoms. The number of hydrogen-bond donors (Lipinski definition) is 0. The van der Waals surface area contributed by atoms with Crippen molar-refractivity contribution in [3.8, 4) is 0 Å². The first kappa shape index (κ1) is 17.2. The third-order valence-electron chi connectivity index (χ3n) is 3.99. The van der Waals surface area contributed by atoms with Gasteiger partial charge in [-0.25, -0.2) is 0 Å². The third-order valence-corrected chi connectivity index (χ3v) is 9.78. The van der Waals surface area contributed by atoms with Crippen LogP contribution in [0.15, 0.2) is 0 Å². The van der Waals surface area contributed by atoms with Gasteiger partial charge in [-0.1, -0.05) is 67.2 Å². The molecule has 0 aliphatic rings. The van der Waals surface area contributed by atoms with Crippen LogP contribution in [0.4, 0.5) is 0 Å². The molecule has 0 rings (SSSR count). The molecule has 0 saturated heterocycles. The van der Waals surface area contributed by atoms with Crippen molar-refractivity contribution in [2.75, 3.05) is 6.61 Å². The van der Waals surface area contributed by atoms with E-state index in [1.165, 1.54) is 38.1 Å². The van der Waals surface area contributed by atoms with Crippen LogP contribution in [0.1, 0.15) is 73.6 Å². The fraction of sp³-hybridized carbons (Fsp3) is 1.00. The van der Waals surface area contributed by atoms with Crippen molar-refractivity contribution < 1.29 is 4.43 Å². The Hall–Kier alpha value is 0.177. The minimum atomic E-state index is -1.52. The summed E-state index contributed by atoms with van der Waals surface area (Å²) in [6, 6.07) is 1.35. The molecule has 0 heterocycles. The maximum absolute atomic E-state index is 6.50. The van der Waals surface area contributed by atoms with Gasteiger partial charge in [0, 0.05) is 6.61 Å². The highest BCUT2D eigenvalue weighted by Crippen LogP contribution is 2.38. The van der Waals surface area contributed by atoms with E-state index in [2.05, 4.69) is 41.5 Å². The van der Waals surface area contributed by atoms with Gasteiger partial charge in [0.25, 0.3) is 0 Å². The number of hydrogen-bond acceptors (Lipinski definition) is 1. The second-order valence-corrected chi connectivity index (χ2v) is 10.9. The van der Waals surface area contributed by atoms with Gasteiger partial charge in [0.2, 0.25) is 0 Å². The molecule has 1 nitrogen and oxygen atoms in total. The summed E-state index contributed by atoms with van der Waals surface area (Å²) in [4.78, 5) is 0. The second-order valence-electron chi connectivity index (χ2n) is 5.92. The van der Waals surface area contributed by atoms with E-state index in [0.717, 1.165) is 17.7 Å². The molecule has 0 spiro atoms. The van der Waals surface area contributed by atoms with Crippen LogP contribution in [-0.2, 0) is 4.43 Å². The summed E-state index contributed by atoms with van der Waals surface area (Å²) in [5.74, 6) is 0. The van der Waals surface area contributed by atoms with E-state index in [-0.39, 0.29) is 0 Å². The highest BCUT2D eigenvalue weighted by Gasteiger charge is 2.40. The van der Waals surface area contributed by atoms with Gasteiger partial charge in [0.15, 0.2) is 8.32 Å². The van der Waals surface area contributed by atoms with Gasteiger partial charge >= 0.3 is 0 Å². The Balaban J connectivity index is 4.44. The van der Waals surface area contributed by atoms with Crippen LogP contribution >= 0.6 is 0 Å². The highest BCUT2D eigenvalue weighted by molar-refractivity contribution is 6.76. The largest absolute Gasteiger partial charge is 0.416 e. The van der Waals surface area contributed by atoms with Crippen molar-refractivity contribution in [1.82, 2.24) is 0 Å². The van der Waals surface area contributed by atoms with Crippen LogP contribution in [-0.4, -0.2) is 14.9 Å². The van der Waals surface area contributed by atoms with Gasteiger partial charge in [-0.2, -0.15) is 0 Å². The van der Waals surface area contributed by atoms with Crippen molar-refractivity contribution >= 4 is 8.32 Å². The zero-order valence-electron chi connectivity index (χ0n) is 13.0. The molecule has 17 heavy (non-hydrogen) atoms. The lowest BCUT2D eigenvalue weighted by atomic mass is 10.3. The Morgan fingerprint density at radius 2 is 1.35 bits per heavy atom. The summed E-state index contributed by atoms with van der Waals surface area (Å²) < 4.78 is 6.50. The molecular weight excluding hydrogens is 224 g/mol. The first-order chi connectivity index (χ1) is 8.01. The molecule has 0 aliphatic heterocycles. The van der Waals surface area contributed by atoms with E-state index in [1.54, 1.807) is 0 Å². The first-order valence-corrected chi connectivity index (χ1v) is 9.92. The maximum atomic E-state index is 6.50. The van der Waals surface area contributed by atoms with Crippen molar-refractivity contribution in [2.45, 2.75) is 90.8 Å². The van der Waals surface area contributed by atoms with Crippen LogP contribution in [0.25, 0.3) is 0 Å². The van der Waals surface area contributed by atoms with E-state index in [1.807, 2.05) is 0 Å². The van der Waals surface area contributed by atoms with Gasteiger partial charge in [-0.3, -0.25) is 0 Å². The molecule has 0 saturated carbocycles. The quantitative estimate of drug-likeness (QED) is 0.357. The second kappa shape index (κ2) is 9.15. The average Bonchev–Trinajstić information content (AvgIpc) is 2.27. The van der Waals surface area contributed by atoms with E-state index < -0.39 is 8.32 Å². The average molecular weight is 259 g/mol. The fourth-order valence-corrected chi connectivity index (χ4v) is 7.45. The third kappa shape index (κ3) is 5.56. The van der Waals surface area contributed by atoms with Gasteiger partial charge in [0.05, 0.1) is 0 Å². The molecule has 0 aliphatic carbocycles. The Morgan fingerprint density at radius 1 is 0.824 bits per heavy atom. The summed E-state index contributed by atoms with van der Waals surface area (Å²) in [5, 5.41) is 0. The summed E-state index contributed by atoms with van der Waals surface area (Å²) in [6.45, 7) is 15.1. The van der Waals surface area contributed by atoms with Crippen molar-refractivity contribution in [1.29, 1.82) is 0 Å². The monoisotopic (exact) mass is 258 g/mol. The Labute approximate surface area is 110 Å². The Bertz CT molecular complexity index is 170. The Kier molecular flexibility index (Phi) is 9.25. The van der Waals surface area contributed by atoms with Crippen molar-refractivity contribution in [3.05, 3.63) is 0 Å². The summed E-state index contributed by atoms with van der Waals surface area (Å²) in [7, 11) is -1.52. The molecule has 0 amide bonds. The predicted molar refractivity (Wildman–Crippen MR) is 81.1 cm³/mol. The summed E-state index contributed by atoms with van der Waals surface area (Å²) >= 11 is 0. The van der Waals surface area contributed by atoms with E-state index in [9.17, 15) is 0 Å². The zero-order valence-corrected chi connectivity index (χ0v) is 14.0. The number of unbranched alkanes of at least 4 members (excludes halogenated alkanes) is 3. The van der Waals surface area contributed by atoms with Crippen LogP contribution < -0.4 is 0 Å². The van der Waals surface area contributed by atoms with Gasteiger partial charge < -0.3 is 4.43 Å². The normalized spacial score (nSPS) is 12.7. The maximum Gasteiger partial charge on any atom is 0.197 e. The highest BCUT2D eigenvalue weighted by atomic mass is 28.4. The van der Waals surface area contributed by atoms with Gasteiger partial charge in [0.1, 0.15) is 0 Å². The molecule has 0 N–H and O–H groups in total. The van der Waals surface area contributed by atoms with Crippen LogP contribution in [0.5, 0.6) is 0 Å². The minimum Gasteiger partial charge on any atom is -0.416 e. The fourth-order valence-electron chi connectivity index (χ4n) is 2.72. The van der Waals surface area contributed by atoms with Crippen LogP contribution in [0, 0.1) is 0 Å². The lowest BCUT2D eigenvalue weighted by molar-refractivity contribution is 0.274. The summed E-state index contributed by atoms with van der Waals surface area (Å²) in [6.07, 6.45) is 6.49. The van der Waals surface area contributed by atoms with E-state index >= 15 is 0 Å². The lowest BCUT2D eigenvalue weighted by Gasteiger charge is -2.39. The molecule has 0 unspecified atom stereocenters. The SMILES string of the molecule is CCCCCO[Si](CCCC)(C(C)C)C(C)C. The van der Waals surface area contributed by atoms with Gasteiger partial charge in [-0.15, -0.1) is 0 Å². The van der Waals surface area contributed by atoms with Crippen molar-refractivity contribution in [3.63, 3.8) is 0 Å². The minimum absolute atomic E-state index is 0.746. The molecule has 0 aromatic rings. The predicted octanol–water partition coefficient (Wildman–Crippen LogP) is 5.76. The van der Waals surface area contributed by atoms with Crippen LogP contribution in [0.2, 0.25) is 17.1 Å². The van der Waals surface area contributed by atoms with Crippen molar-refractivity contribution in [2.24, 2.45) is 0 Å². The lowest BCUT2D eigenvalue weighted by Crippen LogP contribution is -2.45. The first-order valence-electron chi connectivity index (χ1n) is 7.65. The molecule has 0 atom stereocenters. The molecular formula is C15H34OSi. The molecule has 0 aromatic carbocycles. The summed E-state index contributed by atoms with van der Waals surface area (Å²) in [5.41, 5.74) is 1.49. The molecule has 0 fully saturated rings. The van der Waals surface area contributed by atoms with Gasteiger partial charge in [-0.05, 0) is 23.5 Å². The molecule has 104 valence electrons. The standard InChI is InChI=1S/C15H34OSi/c1-7-9-11-12-16-17(14(3)4,15(5)6)13-10-8-2/h14-15H,7-13H2,1-6H3. The van der Waals surface area contributed by atoms with E-state index in [4.69, 9.17) is 4.43 Å². The molecule has 0 aromatic heterocycles. The zero-order chi connectivity index (χ0) is 13.3. The molecule has 0 radical (unpaired) electrons. The van der Waals surface area contributed by atoms with Crippen LogP contribution in [0.3, 0.4) is 0 Å². The number of rotatable bonds is 10. The van der Waals surface area contributed by atoms with E-state index in [0.29, 0.717) is 0 Å². The molecule has 2 heteroatoms.